The van der Waals surface area contributed by atoms with Crippen LogP contribution in [0, 0.1) is 5.41 Å². The Morgan fingerprint density at radius 2 is 0.867 bits per heavy atom. The molecule has 0 bridgehead atoms. The average molecular weight is 222 g/mol. The summed E-state index contributed by atoms with van der Waals surface area (Å²) < 4.78 is 0. The normalized spacial score (nSPS) is 9.60. The van der Waals surface area contributed by atoms with Gasteiger partial charge in [-0.3, -0.25) is 0 Å². The highest BCUT2D eigenvalue weighted by molar-refractivity contribution is 4.74. The highest BCUT2D eigenvalue weighted by Gasteiger charge is 2.24. The number of hydrogen-bond donors (Lipinski definition) is 3. The van der Waals surface area contributed by atoms with Crippen molar-refractivity contribution in [2.24, 2.45) is 5.41 Å². The van der Waals surface area contributed by atoms with Gasteiger partial charge < -0.3 is 15.3 Å². The first kappa shape index (κ1) is 20.3. The predicted octanol–water partition coefficient (Wildman–Crippen LogP) is 2.19. The molecule has 0 radical (unpaired) electrons. The van der Waals surface area contributed by atoms with Crippen LogP contribution in [0.4, 0.5) is 0 Å². The molecule has 0 aliphatic carbocycles. The van der Waals surface area contributed by atoms with E-state index in [2.05, 4.69) is 27.7 Å². The zero-order valence-electron chi connectivity index (χ0n) is 11.1. The van der Waals surface area contributed by atoms with Crippen LogP contribution in [0.1, 0.15) is 53.9 Å². The zero-order valence-corrected chi connectivity index (χ0v) is 11.1. The topological polar surface area (TPSA) is 60.7 Å². The first-order valence-electron chi connectivity index (χ1n) is 5.90. The molecule has 0 atom stereocenters. The minimum Gasteiger partial charge on any atom is -0.396 e. The van der Waals surface area contributed by atoms with Crippen LogP contribution in [-0.4, -0.2) is 35.1 Å². The van der Waals surface area contributed by atoms with E-state index in [1.165, 1.54) is 12.8 Å². The van der Waals surface area contributed by atoms with Gasteiger partial charge in [-0.2, -0.15) is 0 Å². The maximum absolute atomic E-state index is 8.66. The molecule has 0 unspecified atom stereocenters. The predicted molar refractivity (Wildman–Crippen MR) is 65.9 cm³/mol. The van der Waals surface area contributed by atoms with E-state index in [4.69, 9.17) is 15.3 Å². The second-order valence-electron chi connectivity index (χ2n) is 3.74. The summed E-state index contributed by atoms with van der Waals surface area (Å²) in [6.45, 7) is 9.85. The summed E-state index contributed by atoms with van der Waals surface area (Å²) in [5.41, 5.74) is -0.667. The molecule has 0 saturated carbocycles. The van der Waals surface area contributed by atoms with Crippen molar-refractivity contribution in [2.75, 3.05) is 19.8 Å². The number of aliphatic hydroxyl groups excluding tert-OH is 3. The average Bonchev–Trinajstić information content (AvgIpc) is 2.24. The standard InChI is InChI=1S/C6H14O3.2C3H8/c1-2-6(3-7,4-8)5-9;2*1-3-2/h7-9H,2-5H2,1H3;2*3H2,1-2H3. The van der Waals surface area contributed by atoms with Crippen molar-refractivity contribution < 1.29 is 15.3 Å². The zero-order chi connectivity index (χ0) is 12.7. The number of aliphatic hydroxyl groups is 3. The smallest absolute Gasteiger partial charge is 0.0531 e. The Kier molecular flexibility index (Phi) is 22.1. The highest BCUT2D eigenvalue weighted by Crippen LogP contribution is 2.18. The van der Waals surface area contributed by atoms with E-state index in [-0.39, 0.29) is 19.8 Å². The summed E-state index contributed by atoms with van der Waals surface area (Å²) in [7, 11) is 0. The van der Waals surface area contributed by atoms with E-state index in [0.717, 1.165) is 0 Å². The Bertz CT molecular complexity index is 71.4. The lowest BCUT2D eigenvalue weighted by Gasteiger charge is -2.24. The molecule has 0 saturated heterocycles. The van der Waals surface area contributed by atoms with Gasteiger partial charge in [-0.25, -0.2) is 0 Å². The van der Waals surface area contributed by atoms with Gasteiger partial charge >= 0.3 is 0 Å². The van der Waals surface area contributed by atoms with E-state index in [1.54, 1.807) is 0 Å². The van der Waals surface area contributed by atoms with Crippen molar-refractivity contribution >= 4 is 0 Å². The van der Waals surface area contributed by atoms with Crippen LogP contribution in [0.25, 0.3) is 0 Å². The van der Waals surface area contributed by atoms with Gasteiger partial charge in [-0.05, 0) is 6.42 Å². The summed E-state index contributed by atoms with van der Waals surface area (Å²) in [4.78, 5) is 0. The molecule has 0 aliphatic heterocycles. The molecule has 0 fully saturated rings. The van der Waals surface area contributed by atoms with Crippen molar-refractivity contribution in [1.29, 1.82) is 0 Å². The lowest BCUT2D eigenvalue weighted by Crippen LogP contribution is -2.32. The molecule has 0 spiro atoms. The fourth-order valence-corrected chi connectivity index (χ4v) is 0.485. The van der Waals surface area contributed by atoms with Gasteiger partial charge in [-0.15, -0.1) is 0 Å². The third-order valence-electron chi connectivity index (χ3n) is 1.76. The molecule has 3 nitrogen and oxygen atoms in total. The molecular formula is C12H30O3. The van der Waals surface area contributed by atoms with E-state index in [0.29, 0.717) is 6.42 Å². The van der Waals surface area contributed by atoms with E-state index >= 15 is 0 Å². The van der Waals surface area contributed by atoms with Crippen LogP contribution in [-0.2, 0) is 0 Å². The Labute approximate surface area is 95.1 Å². The third kappa shape index (κ3) is 13.9. The molecule has 0 heterocycles. The van der Waals surface area contributed by atoms with Crippen LogP contribution >= 0.6 is 0 Å². The lowest BCUT2D eigenvalue weighted by molar-refractivity contribution is 0.00304. The maximum Gasteiger partial charge on any atom is 0.0531 e. The maximum atomic E-state index is 8.66. The second kappa shape index (κ2) is 16.3. The van der Waals surface area contributed by atoms with Crippen molar-refractivity contribution in [3.05, 3.63) is 0 Å². The third-order valence-corrected chi connectivity index (χ3v) is 1.76. The molecule has 0 aromatic heterocycles. The summed E-state index contributed by atoms with van der Waals surface area (Å²) in [6, 6.07) is 0. The molecule has 3 heteroatoms. The Balaban J connectivity index is -0.000000200. The van der Waals surface area contributed by atoms with Gasteiger partial charge in [0.15, 0.2) is 0 Å². The monoisotopic (exact) mass is 222 g/mol. The second-order valence-corrected chi connectivity index (χ2v) is 3.74. The number of rotatable bonds is 4. The molecular weight excluding hydrogens is 192 g/mol. The summed E-state index contributed by atoms with van der Waals surface area (Å²) >= 11 is 0. The van der Waals surface area contributed by atoms with Gasteiger partial charge in [0.25, 0.3) is 0 Å². The van der Waals surface area contributed by atoms with Crippen molar-refractivity contribution in [3.63, 3.8) is 0 Å². The highest BCUT2D eigenvalue weighted by atomic mass is 16.3. The molecule has 0 aromatic rings. The van der Waals surface area contributed by atoms with Gasteiger partial charge in [0.1, 0.15) is 0 Å². The van der Waals surface area contributed by atoms with Crippen LogP contribution < -0.4 is 0 Å². The summed E-state index contributed by atoms with van der Waals surface area (Å²) in [5.74, 6) is 0. The quantitative estimate of drug-likeness (QED) is 0.683. The first-order chi connectivity index (χ1) is 7.07. The van der Waals surface area contributed by atoms with Crippen molar-refractivity contribution in [1.82, 2.24) is 0 Å². The van der Waals surface area contributed by atoms with Crippen molar-refractivity contribution in [2.45, 2.75) is 53.9 Å². The minimum atomic E-state index is -0.667. The molecule has 0 rings (SSSR count). The molecule has 0 amide bonds. The Hall–Kier alpha value is -0.120. The first-order valence-corrected chi connectivity index (χ1v) is 5.90. The van der Waals surface area contributed by atoms with Crippen LogP contribution in [0.15, 0.2) is 0 Å². The van der Waals surface area contributed by atoms with Gasteiger partial charge in [0.2, 0.25) is 0 Å². The van der Waals surface area contributed by atoms with E-state index < -0.39 is 5.41 Å². The molecule has 3 N–H and O–H groups in total. The van der Waals surface area contributed by atoms with Crippen LogP contribution in [0.3, 0.4) is 0 Å². The van der Waals surface area contributed by atoms with E-state index in [1.807, 2.05) is 6.92 Å². The Morgan fingerprint density at radius 1 is 0.667 bits per heavy atom. The van der Waals surface area contributed by atoms with Gasteiger partial charge in [0, 0.05) is 5.41 Å². The minimum absolute atomic E-state index is 0.156. The molecule has 96 valence electrons. The van der Waals surface area contributed by atoms with E-state index in [9.17, 15) is 0 Å². The molecule has 0 aromatic carbocycles. The van der Waals surface area contributed by atoms with Gasteiger partial charge in [-0.1, -0.05) is 47.5 Å². The fourth-order valence-electron chi connectivity index (χ4n) is 0.485. The Morgan fingerprint density at radius 3 is 0.867 bits per heavy atom. The largest absolute Gasteiger partial charge is 0.396 e. The van der Waals surface area contributed by atoms with Crippen LogP contribution in [0.2, 0.25) is 0 Å². The molecule has 0 aliphatic rings. The summed E-state index contributed by atoms with van der Waals surface area (Å²) in [6.07, 6.45) is 3.09. The van der Waals surface area contributed by atoms with Crippen molar-refractivity contribution in [3.8, 4) is 0 Å². The fraction of sp³-hybridized carbons (Fsp3) is 1.00. The lowest BCUT2D eigenvalue weighted by atomic mass is 9.88. The van der Waals surface area contributed by atoms with Gasteiger partial charge in [0.05, 0.1) is 19.8 Å². The summed E-state index contributed by atoms with van der Waals surface area (Å²) in [5, 5.41) is 26.0. The van der Waals surface area contributed by atoms with Crippen LogP contribution in [0.5, 0.6) is 0 Å². The number of hydrogen-bond acceptors (Lipinski definition) is 3. The SMILES string of the molecule is CCC.CCC.CCC(CO)(CO)CO. The molecule has 15 heavy (non-hydrogen) atoms.